The zero-order chi connectivity index (χ0) is 11.4. The minimum absolute atomic E-state index is 0.398. The molecule has 0 aliphatic heterocycles. The first-order chi connectivity index (χ1) is 7.78. The summed E-state index contributed by atoms with van der Waals surface area (Å²) in [5.41, 5.74) is 1.20. The molecule has 4 nitrogen and oxygen atoms in total. The minimum Gasteiger partial charge on any atom is -0.468 e. The molecule has 0 spiro atoms. The minimum atomic E-state index is 0.398. The van der Waals surface area contributed by atoms with E-state index < -0.39 is 0 Å². The number of hydrogen-bond donors (Lipinski definition) is 0. The molecule has 0 bridgehead atoms. The van der Waals surface area contributed by atoms with Crippen LogP contribution in [0.15, 0.2) is 34.0 Å². The smallest absolute Gasteiger partial charge is 0.189 e. The van der Waals surface area contributed by atoms with Crippen molar-refractivity contribution >= 4 is 11.8 Å². The zero-order valence-corrected chi connectivity index (χ0v) is 9.49. The monoisotopic (exact) mass is 231 g/mol. The highest BCUT2D eigenvalue weighted by atomic mass is 32.2. The molecule has 2 heterocycles. The summed E-state index contributed by atoms with van der Waals surface area (Å²) < 4.78 is 5.20. The third-order valence-corrected chi connectivity index (χ3v) is 2.74. The fraction of sp³-hybridized carbons (Fsp3) is 0.182. The standard InChI is InChI=1S/C11H9N3OS/c1-8-5-9(6-12)14-11(13-8)16-7-10-3-2-4-15-10/h2-5H,7H2,1H3. The van der Waals surface area contributed by atoms with Crippen molar-refractivity contribution in [1.82, 2.24) is 9.97 Å². The summed E-state index contributed by atoms with van der Waals surface area (Å²) in [4.78, 5) is 8.34. The molecule has 0 aliphatic carbocycles. The molecule has 16 heavy (non-hydrogen) atoms. The highest BCUT2D eigenvalue weighted by Gasteiger charge is 2.04. The molecule has 2 aromatic rings. The maximum atomic E-state index is 8.77. The molecule has 2 aromatic heterocycles. The number of nitriles is 1. The molecular weight excluding hydrogens is 222 g/mol. The molecule has 0 fully saturated rings. The number of thioether (sulfide) groups is 1. The lowest BCUT2D eigenvalue weighted by Crippen LogP contribution is -1.93. The molecule has 0 aliphatic rings. The molecule has 5 heteroatoms. The molecule has 0 saturated heterocycles. The Balaban J connectivity index is 2.10. The molecule has 0 radical (unpaired) electrons. The third kappa shape index (κ3) is 2.61. The average Bonchev–Trinajstić information content (AvgIpc) is 2.78. The van der Waals surface area contributed by atoms with E-state index in [9.17, 15) is 0 Å². The number of aryl methyl sites for hydroxylation is 1. The number of rotatable bonds is 3. The van der Waals surface area contributed by atoms with Crippen LogP contribution in [0.25, 0.3) is 0 Å². The molecule has 0 saturated carbocycles. The number of hydrogen-bond acceptors (Lipinski definition) is 5. The summed E-state index contributed by atoms with van der Waals surface area (Å²) in [5.74, 6) is 1.54. The van der Waals surface area contributed by atoms with Gasteiger partial charge in [-0.2, -0.15) is 5.26 Å². The molecular formula is C11H9N3OS. The lowest BCUT2D eigenvalue weighted by Gasteiger charge is -2.00. The Morgan fingerprint density at radius 1 is 1.50 bits per heavy atom. The van der Waals surface area contributed by atoms with Gasteiger partial charge < -0.3 is 4.42 Å². The Morgan fingerprint density at radius 3 is 3.06 bits per heavy atom. The van der Waals surface area contributed by atoms with E-state index in [-0.39, 0.29) is 0 Å². The van der Waals surface area contributed by atoms with E-state index in [0.717, 1.165) is 11.5 Å². The second-order valence-corrected chi connectivity index (χ2v) is 4.10. The summed E-state index contributed by atoms with van der Waals surface area (Å²) in [5, 5.41) is 9.38. The van der Waals surface area contributed by atoms with Gasteiger partial charge in [0.15, 0.2) is 5.16 Å². The third-order valence-electron chi connectivity index (χ3n) is 1.87. The van der Waals surface area contributed by atoms with E-state index in [2.05, 4.69) is 9.97 Å². The van der Waals surface area contributed by atoms with Crippen LogP contribution in [0.5, 0.6) is 0 Å². The van der Waals surface area contributed by atoms with Gasteiger partial charge in [-0.05, 0) is 25.1 Å². The van der Waals surface area contributed by atoms with Gasteiger partial charge in [-0.1, -0.05) is 11.8 Å². The summed E-state index contributed by atoms with van der Waals surface area (Å²) in [6.07, 6.45) is 1.63. The topological polar surface area (TPSA) is 62.7 Å². The Bertz CT molecular complexity index is 517. The fourth-order valence-corrected chi connectivity index (χ4v) is 2.00. The van der Waals surface area contributed by atoms with Crippen molar-refractivity contribution in [3.63, 3.8) is 0 Å². The first-order valence-electron chi connectivity index (χ1n) is 4.69. The summed E-state index contributed by atoms with van der Waals surface area (Å²) >= 11 is 1.45. The van der Waals surface area contributed by atoms with Crippen LogP contribution in [0, 0.1) is 18.3 Å². The maximum Gasteiger partial charge on any atom is 0.189 e. The SMILES string of the molecule is Cc1cc(C#N)nc(SCc2ccco2)n1. The van der Waals surface area contributed by atoms with Crippen molar-refractivity contribution in [2.24, 2.45) is 0 Å². The predicted molar refractivity (Wildman–Crippen MR) is 59.8 cm³/mol. The van der Waals surface area contributed by atoms with Crippen molar-refractivity contribution < 1.29 is 4.42 Å². The molecule has 2 rings (SSSR count). The lowest BCUT2D eigenvalue weighted by atomic mass is 10.4. The van der Waals surface area contributed by atoms with Crippen LogP contribution in [0.4, 0.5) is 0 Å². The summed E-state index contributed by atoms with van der Waals surface area (Å²) in [6.45, 7) is 1.85. The molecule has 0 atom stereocenters. The van der Waals surface area contributed by atoms with Gasteiger partial charge in [0.2, 0.25) is 0 Å². The van der Waals surface area contributed by atoms with Crippen LogP contribution in [0.3, 0.4) is 0 Å². The van der Waals surface area contributed by atoms with Gasteiger partial charge in [0.25, 0.3) is 0 Å². The van der Waals surface area contributed by atoms with E-state index in [1.807, 2.05) is 25.1 Å². The van der Waals surface area contributed by atoms with E-state index >= 15 is 0 Å². The van der Waals surface area contributed by atoms with Gasteiger partial charge in [-0.15, -0.1) is 0 Å². The Kier molecular flexibility index (Phi) is 3.22. The van der Waals surface area contributed by atoms with Gasteiger partial charge in [0.05, 0.1) is 12.0 Å². The van der Waals surface area contributed by atoms with Crippen LogP contribution in [-0.2, 0) is 5.75 Å². The molecule has 80 valence electrons. The normalized spacial score (nSPS) is 10.0. The molecule has 0 aromatic carbocycles. The van der Waals surface area contributed by atoms with E-state index in [1.165, 1.54) is 11.8 Å². The Morgan fingerprint density at radius 2 is 2.38 bits per heavy atom. The Labute approximate surface area is 97.3 Å². The van der Waals surface area contributed by atoms with E-state index in [1.54, 1.807) is 12.3 Å². The van der Waals surface area contributed by atoms with E-state index in [4.69, 9.17) is 9.68 Å². The molecule has 0 N–H and O–H groups in total. The van der Waals surface area contributed by atoms with Crippen molar-refractivity contribution in [3.8, 4) is 6.07 Å². The van der Waals surface area contributed by atoms with Gasteiger partial charge in [0, 0.05) is 5.69 Å². The lowest BCUT2D eigenvalue weighted by molar-refractivity contribution is 0.530. The zero-order valence-electron chi connectivity index (χ0n) is 8.67. The predicted octanol–water partition coefficient (Wildman–Crippen LogP) is 2.54. The first-order valence-corrected chi connectivity index (χ1v) is 5.67. The van der Waals surface area contributed by atoms with Crippen molar-refractivity contribution in [2.75, 3.05) is 0 Å². The molecule has 0 amide bonds. The first kappa shape index (κ1) is 10.7. The van der Waals surface area contributed by atoms with Crippen LogP contribution in [0.2, 0.25) is 0 Å². The maximum absolute atomic E-state index is 8.77. The second kappa shape index (κ2) is 4.81. The summed E-state index contributed by atoms with van der Waals surface area (Å²) in [6, 6.07) is 7.41. The van der Waals surface area contributed by atoms with Crippen LogP contribution in [-0.4, -0.2) is 9.97 Å². The number of aromatic nitrogens is 2. The Hall–Kier alpha value is -1.80. The van der Waals surface area contributed by atoms with Gasteiger partial charge in [0.1, 0.15) is 17.5 Å². The summed E-state index contributed by atoms with van der Waals surface area (Å²) in [7, 11) is 0. The van der Waals surface area contributed by atoms with Crippen LogP contribution >= 0.6 is 11.8 Å². The highest BCUT2D eigenvalue weighted by Crippen LogP contribution is 2.19. The highest BCUT2D eigenvalue weighted by molar-refractivity contribution is 7.98. The van der Waals surface area contributed by atoms with Crippen LogP contribution < -0.4 is 0 Å². The van der Waals surface area contributed by atoms with Crippen molar-refractivity contribution in [2.45, 2.75) is 17.8 Å². The second-order valence-electron chi connectivity index (χ2n) is 3.16. The fourth-order valence-electron chi connectivity index (χ4n) is 1.19. The largest absolute Gasteiger partial charge is 0.468 e. The number of nitrogens with zero attached hydrogens (tertiary/aromatic N) is 3. The van der Waals surface area contributed by atoms with Crippen molar-refractivity contribution in [1.29, 1.82) is 5.26 Å². The quantitative estimate of drug-likeness (QED) is 0.600. The average molecular weight is 231 g/mol. The van der Waals surface area contributed by atoms with Gasteiger partial charge in [-0.3, -0.25) is 0 Å². The molecule has 0 unspecified atom stereocenters. The van der Waals surface area contributed by atoms with Crippen molar-refractivity contribution in [3.05, 3.63) is 41.6 Å². The van der Waals surface area contributed by atoms with Gasteiger partial charge in [-0.25, -0.2) is 9.97 Å². The van der Waals surface area contributed by atoms with E-state index in [0.29, 0.717) is 16.6 Å². The number of furan rings is 1. The van der Waals surface area contributed by atoms with Gasteiger partial charge >= 0.3 is 0 Å². The van der Waals surface area contributed by atoms with Crippen LogP contribution in [0.1, 0.15) is 17.1 Å².